The van der Waals surface area contributed by atoms with Gasteiger partial charge in [0.25, 0.3) is 0 Å². The molecule has 0 saturated heterocycles. The average molecular weight is 527 g/mol. The third kappa shape index (κ3) is 9.70. The zero-order chi connectivity index (χ0) is 27.5. The van der Waals surface area contributed by atoms with Crippen LogP contribution in [0.25, 0.3) is 0 Å². The Bertz CT molecular complexity index is 926. The molecule has 0 N–H and O–H groups in total. The molecule has 2 atom stereocenters. The van der Waals surface area contributed by atoms with Crippen LogP contribution in [0, 0.1) is 23.2 Å². The fraction of sp³-hybridized carbons (Fsp3) is 0.552. The van der Waals surface area contributed by atoms with Crippen LogP contribution in [0.15, 0.2) is 54.6 Å². The minimum atomic E-state index is -4.64. The fourth-order valence-electron chi connectivity index (χ4n) is 5.24. The number of nitriles is 1. The SMILES string of the molecule is CC#N.CCCN(CCCc1ccc(C2C(C(F)(F)F)CCCC2C(F)(F)F)cc1)Cc1ccccc1. The Morgan fingerprint density at radius 2 is 1.38 bits per heavy atom. The van der Waals surface area contributed by atoms with E-state index in [1.165, 1.54) is 24.6 Å². The molecular weight excluding hydrogens is 490 g/mol. The van der Waals surface area contributed by atoms with Gasteiger partial charge in [-0.15, -0.1) is 0 Å². The summed E-state index contributed by atoms with van der Waals surface area (Å²) in [6, 6.07) is 18.3. The average Bonchev–Trinajstić information content (AvgIpc) is 2.84. The number of benzene rings is 2. The Balaban J connectivity index is 0.00000153. The third-order valence-electron chi connectivity index (χ3n) is 6.83. The quantitative estimate of drug-likeness (QED) is 0.306. The first-order chi connectivity index (χ1) is 17.5. The van der Waals surface area contributed by atoms with Crippen molar-refractivity contribution in [2.45, 2.75) is 77.2 Å². The van der Waals surface area contributed by atoms with Gasteiger partial charge in [-0.2, -0.15) is 31.6 Å². The van der Waals surface area contributed by atoms with Crippen LogP contribution in [0.3, 0.4) is 0 Å². The van der Waals surface area contributed by atoms with Gasteiger partial charge < -0.3 is 0 Å². The summed E-state index contributed by atoms with van der Waals surface area (Å²) in [6.45, 7) is 6.25. The molecule has 0 amide bonds. The monoisotopic (exact) mass is 526 g/mol. The summed E-state index contributed by atoms with van der Waals surface area (Å²) >= 11 is 0. The normalized spacial score (nSPS) is 20.2. The first kappa shape index (κ1) is 30.7. The van der Waals surface area contributed by atoms with Gasteiger partial charge in [-0.25, -0.2) is 0 Å². The van der Waals surface area contributed by atoms with E-state index in [0.717, 1.165) is 44.5 Å². The molecule has 0 spiro atoms. The second kappa shape index (κ2) is 14.4. The molecule has 8 heteroatoms. The van der Waals surface area contributed by atoms with E-state index in [-0.39, 0.29) is 24.8 Å². The molecule has 204 valence electrons. The van der Waals surface area contributed by atoms with Gasteiger partial charge in [-0.3, -0.25) is 4.90 Å². The van der Waals surface area contributed by atoms with Crippen LogP contribution in [0.4, 0.5) is 26.3 Å². The number of rotatable bonds is 9. The van der Waals surface area contributed by atoms with Gasteiger partial charge in [-0.1, -0.05) is 67.9 Å². The lowest BCUT2D eigenvalue weighted by molar-refractivity contribution is -0.231. The van der Waals surface area contributed by atoms with E-state index in [9.17, 15) is 26.3 Å². The summed E-state index contributed by atoms with van der Waals surface area (Å²) in [7, 11) is 0. The number of alkyl halides is 6. The van der Waals surface area contributed by atoms with Crippen molar-refractivity contribution in [3.63, 3.8) is 0 Å². The Labute approximate surface area is 216 Å². The number of halogens is 6. The van der Waals surface area contributed by atoms with Crippen molar-refractivity contribution in [2.75, 3.05) is 13.1 Å². The predicted octanol–water partition coefficient (Wildman–Crippen LogP) is 8.69. The maximum Gasteiger partial charge on any atom is 0.392 e. The Morgan fingerprint density at radius 3 is 1.86 bits per heavy atom. The van der Waals surface area contributed by atoms with E-state index in [1.54, 1.807) is 18.2 Å². The molecule has 1 saturated carbocycles. The van der Waals surface area contributed by atoms with Crippen LogP contribution in [-0.4, -0.2) is 30.3 Å². The van der Waals surface area contributed by atoms with E-state index in [0.29, 0.717) is 0 Å². The van der Waals surface area contributed by atoms with E-state index < -0.39 is 30.1 Å². The van der Waals surface area contributed by atoms with Crippen molar-refractivity contribution in [1.82, 2.24) is 4.90 Å². The van der Waals surface area contributed by atoms with E-state index in [4.69, 9.17) is 5.26 Å². The topological polar surface area (TPSA) is 27.0 Å². The Hall–Kier alpha value is -2.53. The van der Waals surface area contributed by atoms with E-state index in [2.05, 4.69) is 24.0 Å². The highest BCUT2D eigenvalue weighted by atomic mass is 19.4. The van der Waals surface area contributed by atoms with Crippen molar-refractivity contribution in [1.29, 1.82) is 5.26 Å². The minimum Gasteiger partial charge on any atom is -0.299 e. The number of aryl methyl sites for hydroxylation is 1. The summed E-state index contributed by atoms with van der Waals surface area (Å²) in [6.07, 6.45) is -7.22. The summed E-state index contributed by atoms with van der Waals surface area (Å²) in [4.78, 5) is 2.37. The predicted molar refractivity (Wildman–Crippen MR) is 134 cm³/mol. The van der Waals surface area contributed by atoms with Crippen LogP contribution in [-0.2, 0) is 13.0 Å². The molecule has 2 nitrogen and oxygen atoms in total. The first-order valence-corrected chi connectivity index (χ1v) is 12.8. The molecule has 1 aliphatic carbocycles. The Morgan fingerprint density at radius 1 is 0.838 bits per heavy atom. The molecule has 0 aliphatic heterocycles. The lowest BCUT2D eigenvalue weighted by atomic mass is 9.68. The largest absolute Gasteiger partial charge is 0.392 e. The van der Waals surface area contributed by atoms with Gasteiger partial charge in [0.15, 0.2) is 0 Å². The minimum absolute atomic E-state index is 0.0554. The zero-order valence-electron chi connectivity index (χ0n) is 21.5. The molecule has 0 bridgehead atoms. The van der Waals surface area contributed by atoms with Crippen molar-refractivity contribution in [2.24, 2.45) is 11.8 Å². The summed E-state index contributed by atoms with van der Waals surface area (Å²) in [5.74, 6) is -5.49. The van der Waals surface area contributed by atoms with Gasteiger partial charge in [0.1, 0.15) is 0 Å². The third-order valence-corrected chi connectivity index (χ3v) is 6.83. The van der Waals surface area contributed by atoms with Gasteiger partial charge in [0.2, 0.25) is 0 Å². The van der Waals surface area contributed by atoms with Crippen LogP contribution < -0.4 is 0 Å². The number of hydrogen-bond acceptors (Lipinski definition) is 2. The maximum absolute atomic E-state index is 13.6. The molecular formula is C29H36F6N2. The molecule has 1 aliphatic rings. The van der Waals surface area contributed by atoms with Crippen molar-refractivity contribution < 1.29 is 26.3 Å². The molecule has 0 aromatic heterocycles. The Kier molecular flexibility index (Phi) is 12.0. The second-order valence-corrected chi connectivity index (χ2v) is 9.58. The van der Waals surface area contributed by atoms with Gasteiger partial charge in [0.05, 0.1) is 17.9 Å². The molecule has 1 fully saturated rings. The van der Waals surface area contributed by atoms with Crippen molar-refractivity contribution >= 4 is 0 Å². The molecule has 2 aromatic rings. The molecule has 37 heavy (non-hydrogen) atoms. The van der Waals surface area contributed by atoms with E-state index in [1.807, 2.05) is 18.2 Å². The van der Waals surface area contributed by atoms with Crippen LogP contribution in [0.1, 0.15) is 68.6 Å². The van der Waals surface area contributed by atoms with Crippen LogP contribution in [0.5, 0.6) is 0 Å². The fourth-order valence-corrected chi connectivity index (χ4v) is 5.24. The van der Waals surface area contributed by atoms with Gasteiger partial charge in [0, 0.05) is 19.4 Å². The lowest BCUT2D eigenvalue weighted by Gasteiger charge is -2.40. The molecule has 0 heterocycles. The van der Waals surface area contributed by atoms with Crippen molar-refractivity contribution in [3.05, 3.63) is 71.3 Å². The zero-order valence-corrected chi connectivity index (χ0v) is 21.5. The second-order valence-electron chi connectivity index (χ2n) is 9.58. The summed E-state index contributed by atoms with van der Waals surface area (Å²) in [5, 5.41) is 7.32. The smallest absolute Gasteiger partial charge is 0.299 e. The molecule has 2 unspecified atom stereocenters. The van der Waals surface area contributed by atoms with E-state index >= 15 is 0 Å². The molecule has 3 rings (SSSR count). The van der Waals surface area contributed by atoms with Crippen LogP contribution >= 0.6 is 0 Å². The number of nitrogens with zero attached hydrogens (tertiary/aromatic N) is 2. The summed E-state index contributed by atoms with van der Waals surface area (Å²) < 4.78 is 81.6. The van der Waals surface area contributed by atoms with Gasteiger partial charge in [-0.05, 0) is 61.9 Å². The standard InChI is InChI=1S/C27H33F6N.C2H3N/c1-2-17-34(19-21-8-4-3-5-9-21)18-7-10-20-13-15-22(16-14-20)25-23(26(28,29)30)11-6-12-24(25)27(31,32)33;1-2-3/h3-5,8-9,13-16,23-25H,2,6-7,10-12,17-19H2,1H3;1H3. The highest BCUT2D eigenvalue weighted by molar-refractivity contribution is 5.28. The summed E-state index contributed by atoms with van der Waals surface area (Å²) in [5.41, 5.74) is 2.32. The molecule has 0 radical (unpaired) electrons. The first-order valence-electron chi connectivity index (χ1n) is 12.8. The number of hydrogen-bond donors (Lipinski definition) is 0. The highest BCUT2D eigenvalue weighted by Crippen LogP contribution is 2.53. The van der Waals surface area contributed by atoms with Gasteiger partial charge >= 0.3 is 12.4 Å². The maximum atomic E-state index is 13.6. The van der Waals surface area contributed by atoms with Crippen molar-refractivity contribution in [3.8, 4) is 6.07 Å². The van der Waals surface area contributed by atoms with Crippen LogP contribution in [0.2, 0.25) is 0 Å². The highest BCUT2D eigenvalue weighted by Gasteiger charge is 2.56. The lowest BCUT2D eigenvalue weighted by Crippen LogP contribution is -2.42. The molecule has 2 aromatic carbocycles.